The van der Waals surface area contributed by atoms with E-state index in [0.717, 1.165) is 23.2 Å². The van der Waals surface area contributed by atoms with Crippen LogP contribution in [0.15, 0.2) is 77.7 Å². The molecule has 0 amide bonds. The molecule has 3 aromatic rings. The highest BCUT2D eigenvalue weighted by Gasteiger charge is 2.40. The maximum atomic E-state index is 13.3. The number of aryl methyl sites for hydroxylation is 1. The van der Waals surface area contributed by atoms with Crippen molar-refractivity contribution in [3.8, 4) is 5.75 Å². The molecule has 3 aromatic carbocycles. The van der Waals surface area contributed by atoms with Gasteiger partial charge in [0.2, 0.25) is 0 Å². The van der Waals surface area contributed by atoms with Crippen LogP contribution in [0.5, 0.6) is 5.75 Å². The van der Waals surface area contributed by atoms with Gasteiger partial charge in [-0.3, -0.25) is 14.8 Å². The first-order valence-electron chi connectivity index (χ1n) is 11.3. The van der Waals surface area contributed by atoms with Crippen molar-refractivity contribution in [1.29, 1.82) is 0 Å². The average molecular weight is 492 g/mol. The highest BCUT2D eigenvalue weighted by molar-refractivity contribution is 7.92. The van der Waals surface area contributed by atoms with Gasteiger partial charge in [-0.05, 0) is 60.7 Å². The molecule has 1 aliphatic carbocycles. The molecule has 1 aliphatic heterocycles. The van der Waals surface area contributed by atoms with Crippen LogP contribution >= 0.6 is 0 Å². The Labute approximate surface area is 203 Å². The van der Waals surface area contributed by atoms with E-state index >= 15 is 0 Å². The van der Waals surface area contributed by atoms with E-state index < -0.39 is 10.0 Å². The number of sulfonamides is 1. The fraction of sp³-hybridized carbons (Fsp3) is 0.231. The number of hydrogen-bond acceptors (Lipinski definition) is 6. The number of fused-ring (bicyclic) bond motifs is 3. The van der Waals surface area contributed by atoms with Gasteiger partial charge >= 0.3 is 0 Å². The number of benzene rings is 3. The predicted molar refractivity (Wildman–Crippen MR) is 134 cm³/mol. The monoisotopic (exact) mass is 491 g/mol. The van der Waals surface area contributed by atoms with Crippen molar-refractivity contribution in [2.45, 2.75) is 30.2 Å². The zero-order valence-electron chi connectivity index (χ0n) is 19.3. The Hall–Kier alpha value is -3.85. The zero-order valence-corrected chi connectivity index (χ0v) is 20.1. The summed E-state index contributed by atoms with van der Waals surface area (Å²) in [6.45, 7) is 1.88. The molecular formula is C26H25N3O5S. The van der Waals surface area contributed by atoms with Crippen molar-refractivity contribution in [1.82, 2.24) is 0 Å². The number of anilines is 2. The molecule has 0 spiro atoms. The van der Waals surface area contributed by atoms with Gasteiger partial charge in [-0.1, -0.05) is 36.4 Å². The van der Waals surface area contributed by atoms with Gasteiger partial charge in [0.15, 0.2) is 0 Å². The molecule has 8 nitrogen and oxygen atoms in total. The number of methoxy groups -OCH3 is 1. The fourth-order valence-electron chi connectivity index (χ4n) is 5.07. The first kappa shape index (κ1) is 22.9. The topological polar surface area (TPSA) is 111 Å². The Morgan fingerprint density at radius 2 is 1.89 bits per heavy atom. The summed E-state index contributed by atoms with van der Waals surface area (Å²) in [4.78, 5) is 11.4. The third-order valence-corrected chi connectivity index (χ3v) is 8.08. The first-order valence-corrected chi connectivity index (χ1v) is 12.7. The van der Waals surface area contributed by atoms with Crippen LogP contribution in [0.1, 0.15) is 35.1 Å². The van der Waals surface area contributed by atoms with Crippen LogP contribution in [-0.2, 0) is 10.0 Å². The maximum Gasteiger partial charge on any atom is 0.274 e. The number of rotatable bonds is 6. The molecule has 2 N–H and O–H groups in total. The second-order valence-electron chi connectivity index (χ2n) is 8.85. The molecule has 1 heterocycles. The van der Waals surface area contributed by atoms with Gasteiger partial charge in [-0.15, -0.1) is 0 Å². The third-order valence-electron chi connectivity index (χ3n) is 6.71. The second-order valence-corrected chi connectivity index (χ2v) is 10.5. The number of para-hydroxylation sites is 1. The summed E-state index contributed by atoms with van der Waals surface area (Å²) in [5.74, 6) is 0.413. The number of nitro benzene ring substituents is 1. The smallest absolute Gasteiger partial charge is 0.274 e. The molecule has 0 unspecified atom stereocenters. The summed E-state index contributed by atoms with van der Waals surface area (Å²) >= 11 is 0. The Kier molecular flexibility index (Phi) is 5.72. The molecule has 2 aliphatic rings. The number of hydrogen-bond donors (Lipinski definition) is 2. The molecule has 0 saturated carbocycles. The predicted octanol–water partition coefficient (Wildman–Crippen LogP) is 5.54. The van der Waals surface area contributed by atoms with Gasteiger partial charge < -0.3 is 10.1 Å². The molecule has 0 radical (unpaired) electrons. The summed E-state index contributed by atoms with van der Waals surface area (Å²) in [5, 5.41) is 15.1. The van der Waals surface area contributed by atoms with Crippen molar-refractivity contribution in [3.05, 3.63) is 99.6 Å². The van der Waals surface area contributed by atoms with Gasteiger partial charge in [0.1, 0.15) is 5.75 Å². The van der Waals surface area contributed by atoms with Gasteiger partial charge in [0.05, 0.1) is 34.2 Å². The quantitative estimate of drug-likeness (QED) is 0.266. The van der Waals surface area contributed by atoms with E-state index in [-0.39, 0.29) is 33.4 Å². The van der Waals surface area contributed by atoms with E-state index in [4.69, 9.17) is 4.74 Å². The lowest BCUT2D eigenvalue weighted by Gasteiger charge is -2.37. The average Bonchev–Trinajstić information content (AvgIpc) is 3.33. The van der Waals surface area contributed by atoms with Crippen LogP contribution < -0.4 is 14.8 Å². The van der Waals surface area contributed by atoms with Gasteiger partial charge in [0.25, 0.3) is 15.7 Å². The highest BCUT2D eigenvalue weighted by atomic mass is 32.2. The molecule has 0 saturated heterocycles. The number of allylic oxidation sites excluding steroid dienone is 2. The van der Waals surface area contributed by atoms with Crippen LogP contribution in [-0.4, -0.2) is 20.5 Å². The Morgan fingerprint density at radius 1 is 1.09 bits per heavy atom. The molecule has 5 rings (SSSR count). The second kappa shape index (κ2) is 8.74. The molecule has 0 aromatic heterocycles. The fourth-order valence-corrected chi connectivity index (χ4v) is 6.17. The van der Waals surface area contributed by atoms with Gasteiger partial charge in [-0.2, -0.15) is 0 Å². The summed E-state index contributed by atoms with van der Waals surface area (Å²) < 4.78 is 34.5. The Bertz CT molecular complexity index is 1450. The van der Waals surface area contributed by atoms with Crippen LogP contribution in [0.25, 0.3) is 0 Å². The van der Waals surface area contributed by atoms with E-state index in [0.29, 0.717) is 17.0 Å². The standard InChI is InChI=1S/C26H25N3O5S/c1-16-10-13-25(34-2)23(14-16)28-35(32,33)17-11-12-22-21(15-17)18-7-5-8-19(18)26(27-22)20-6-3-4-9-24(20)29(30)31/h3-7,9-15,18-19,26-28H,8H2,1-2H3/t18-,19-,26-/m1/s1. The molecule has 3 atom stereocenters. The molecule has 180 valence electrons. The van der Waals surface area contributed by atoms with Crippen molar-refractivity contribution >= 4 is 27.1 Å². The molecule has 9 heteroatoms. The maximum absolute atomic E-state index is 13.3. The lowest BCUT2D eigenvalue weighted by atomic mass is 9.76. The largest absolute Gasteiger partial charge is 0.495 e. The number of nitro groups is 1. The van der Waals surface area contributed by atoms with E-state index in [1.807, 2.05) is 13.0 Å². The number of nitrogens with one attached hydrogen (secondary N) is 2. The summed E-state index contributed by atoms with van der Waals surface area (Å²) in [6.07, 6.45) is 4.87. The zero-order chi connectivity index (χ0) is 24.7. The van der Waals surface area contributed by atoms with Crippen molar-refractivity contribution in [2.75, 3.05) is 17.1 Å². The van der Waals surface area contributed by atoms with Crippen LogP contribution in [0.3, 0.4) is 0 Å². The Morgan fingerprint density at radius 3 is 2.66 bits per heavy atom. The lowest BCUT2D eigenvalue weighted by Crippen LogP contribution is -2.30. The minimum atomic E-state index is -3.88. The van der Waals surface area contributed by atoms with Crippen molar-refractivity contribution in [3.63, 3.8) is 0 Å². The normalized spacial score (nSPS) is 20.5. The van der Waals surface area contributed by atoms with Gasteiger partial charge in [0, 0.05) is 17.7 Å². The molecular weight excluding hydrogens is 466 g/mol. The third kappa shape index (κ3) is 4.12. The number of ether oxygens (including phenoxy) is 1. The van der Waals surface area contributed by atoms with Crippen molar-refractivity contribution < 1.29 is 18.1 Å². The van der Waals surface area contributed by atoms with E-state index in [1.165, 1.54) is 13.2 Å². The minimum Gasteiger partial charge on any atom is -0.495 e. The van der Waals surface area contributed by atoms with Crippen LogP contribution in [0.4, 0.5) is 17.1 Å². The molecule has 0 fully saturated rings. The lowest BCUT2D eigenvalue weighted by molar-refractivity contribution is -0.385. The Balaban J connectivity index is 1.52. The SMILES string of the molecule is COc1ccc(C)cc1NS(=O)(=O)c1ccc2c(c1)[C@@H]1C=CC[C@H]1[C@H](c1ccccc1[N+](=O)[O-])N2. The summed E-state index contributed by atoms with van der Waals surface area (Å²) in [5.41, 5.74) is 3.61. The highest BCUT2D eigenvalue weighted by Crippen LogP contribution is 2.51. The first-order chi connectivity index (χ1) is 16.8. The van der Waals surface area contributed by atoms with E-state index in [1.54, 1.807) is 48.5 Å². The van der Waals surface area contributed by atoms with Crippen LogP contribution in [0, 0.1) is 23.0 Å². The summed E-state index contributed by atoms with van der Waals surface area (Å²) in [7, 11) is -2.39. The minimum absolute atomic E-state index is 0.0337. The van der Waals surface area contributed by atoms with Crippen LogP contribution in [0.2, 0.25) is 0 Å². The summed E-state index contributed by atoms with van der Waals surface area (Å²) in [6, 6.07) is 16.8. The number of nitrogens with zero attached hydrogens (tertiary/aromatic N) is 1. The molecule has 35 heavy (non-hydrogen) atoms. The van der Waals surface area contributed by atoms with Crippen molar-refractivity contribution in [2.24, 2.45) is 5.92 Å². The van der Waals surface area contributed by atoms with Gasteiger partial charge in [-0.25, -0.2) is 8.42 Å². The van der Waals surface area contributed by atoms with E-state index in [9.17, 15) is 18.5 Å². The molecule has 0 bridgehead atoms. The van der Waals surface area contributed by atoms with E-state index in [2.05, 4.69) is 22.2 Å².